The van der Waals surface area contributed by atoms with Gasteiger partial charge in [-0.25, -0.2) is 0 Å². The molecule has 11 heavy (non-hydrogen) atoms. The minimum Gasteiger partial charge on any atom is -0.341 e. The molecule has 0 saturated carbocycles. The van der Waals surface area contributed by atoms with Crippen molar-refractivity contribution in [2.75, 3.05) is 13.2 Å². The standard InChI is InChI=1S/C8H14O3/c1-3-7(9)8(4-2)10-5-6-11-8/h3-6H2,1-2H3. The van der Waals surface area contributed by atoms with Gasteiger partial charge in [0.25, 0.3) is 0 Å². The minimum absolute atomic E-state index is 0.0532. The molecule has 0 aromatic rings. The van der Waals surface area contributed by atoms with E-state index < -0.39 is 5.79 Å². The largest absolute Gasteiger partial charge is 0.341 e. The van der Waals surface area contributed by atoms with Crippen molar-refractivity contribution in [1.82, 2.24) is 0 Å². The van der Waals surface area contributed by atoms with Gasteiger partial charge in [0, 0.05) is 12.8 Å². The average Bonchev–Trinajstić information content (AvgIpc) is 2.52. The Morgan fingerprint density at radius 1 is 1.36 bits per heavy atom. The Kier molecular flexibility index (Phi) is 2.62. The third-order valence-corrected chi connectivity index (χ3v) is 1.97. The third-order valence-electron chi connectivity index (χ3n) is 1.97. The number of ether oxygens (including phenoxy) is 2. The van der Waals surface area contributed by atoms with Gasteiger partial charge in [-0.3, -0.25) is 4.79 Å². The molecular weight excluding hydrogens is 144 g/mol. The summed E-state index contributed by atoms with van der Waals surface area (Å²) in [6.07, 6.45) is 1.09. The molecular formula is C8H14O3. The van der Waals surface area contributed by atoms with Crippen LogP contribution in [0.15, 0.2) is 0 Å². The summed E-state index contributed by atoms with van der Waals surface area (Å²) in [7, 11) is 0. The van der Waals surface area contributed by atoms with Crippen molar-refractivity contribution in [3.63, 3.8) is 0 Å². The maximum Gasteiger partial charge on any atom is 0.228 e. The second-order valence-electron chi connectivity index (χ2n) is 2.58. The van der Waals surface area contributed by atoms with Crippen molar-refractivity contribution in [1.29, 1.82) is 0 Å². The Bertz CT molecular complexity index is 147. The normalized spacial score (nSPS) is 22.0. The first kappa shape index (κ1) is 8.68. The lowest BCUT2D eigenvalue weighted by atomic mass is 10.1. The number of rotatable bonds is 3. The zero-order chi connectivity index (χ0) is 8.32. The average molecular weight is 158 g/mol. The van der Waals surface area contributed by atoms with Crippen LogP contribution in [0.1, 0.15) is 26.7 Å². The second kappa shape index (κ2) is 3.32. The fraction of sp³-hybridized carbons (Fsp3) is 0.875. The van der Waals surface area contributed by atoms with Crippen LogP contribution in [-0.4, -0.2) is 24.8 Å². The van der Waals surface area contributed by atoms with Gasteiger partial charge in [0.2, 0.25) is 5.79 Å². The van der Waals surface area contributed by atoms with Crippen LogP contribution in [0.25, 0.3) is 0 Å². The molecule has 3 heteroatoms. The van der Waals surface area contributed by atoms with E-state index in [0.29, 0.717) is 26.1 Å². The SMILES string of the molecule is CCC(=O)C1(CC)OCCO1. The highest BCUT2D eigenvalue weighted by atomic mass is 16.7. The molecule has 0 aliphatic carbocycles. The summed E-state index contributed by atoms with van der Waals surface area (Å²) in [5, 5.41) is 0. The molecule has 0 unspecified atom stereocenters. The molecule has 0 spiro atoms. The van der Waals surface area contributed by atoms with E-state index in [-0.39, 0.29) is 5.78 Å². The van der Waals surface area contributed by atoms with Gasteiger partial charge in [0.05, 0.1) is 13.2 Å². The third kappa shape index (κ3) is 1.44. The predicted molar refractivity (Wildman–Crippen MR) is 40.2 cm³/mol. The molecule has 3 nitrogen and oxygen atoms in total. The van der Waals surface area contributed by atoms with Crippen LogP contribution < -0.4 is 0 Å². The quantitative estimate of drug-likeness (QED) is 0.617. The van der Waals surface area contributed by atoms with Gasteiger partial charge in [-0.15, -0.1) is 0 Å². The number of hydrogen-bond acceptors (Lipinski definition) is 3. The molecule has 0 aromatic carbocycles. The maximum atomic E-state index is 11.3. The van der Waals surface area contributed by atoms with Crippen molar-refractivity contribution in [3.8, 4) is 0 Å². The minimum atomic E-state index is -0.894. The van der Waals surface area contributed by atoms with Crippen LogP contribution in [-0.2, 0) is 14.3 Å². The van der Waals surface area contributed by atoms with Gasteiger partial charge in [0.1, 0.15) is 0 Å². The Balaban J connectivity index is 2.66. The Morgan fingerprint density at radius 2 is 1.91 bits per heavy atom. The highest BCUT2D eigenvalue weighted by Crippen LogP contribution is 2.25. The lowest BCUT2D eigenvalue weighted by Gasteiger charge is -2.23. The van der Waals surface area contributed by atoms with E-state index in [2.05, 4.69) is 0 Å². The van der Waals surface area contributed by atoms with E-state index in [1.54, 1.807) is 0 Å². The monoisotopic (exact) mass is 158 g/mol. The van der Waals surface area contributed by atoms with Crippen LogP contribution in [0.2, 0.25) is 0 Å². The Hall–Kier alpha value is -0.410. The summed E-state index contributed by atoms with van der Waals surface area (Å²) in [6.45, 7) is 4.81. The van der Waals surface area contributed by atoms with Gasteiger partial charge in [0.15, 0.2) is 5.78 Å². The van der Waals surface area contributed by atoms with Crippen molar-refractivity contribution in [3.05, 3.63) is 0 Å². The number of Topliss-reactive ketones (excluding diaryl/α,β-unsaturated/α-hetero) is 1. The molecule has 1 heterocycles. The molecule has 1 aliphatic heterocycles. The molecule has 0 N–H and O–H groups in total. The lowest BCUT2D eigenvalue weighted by molar-refractivity contribution is -0.181. The smallest absolute Gasteiger partial charge is 0.228 e. The first-order chi connectivity index (χ1) is 5.25. The predicted octanol–water partition coefficient (Wildman–Crippen LogP) is 1.12. The van der Waals surface area contributed by atoms with Gasteiger partial charge in [-0.2, -0.15) is 0 Å². The summed E-state index contributed by atoms with van der Waals surface area (Å²) in [6, 6.07) is 0. The van der Waals surface area contributed by atoms with Crippen LogP contribution in [0.5, 0.6) is 0 Å². The van der Waals surface area contributed by atoms with Crippen molar-refractivity contribution < 1.29 is 14.3 Å². The van der Waals surface area contributed by atoms with Gasteiger partial charge >= 0.3 is 0 Å². The van der Waals surface area contributed by atoms with E-state index >= 15 is 0 Å². The Morgan fingerprint density at radius 3 is 2.27 bits per heavy atom. The zero-order valence-corrected chi connectivity index (χ0v) is 7.05. The second-order valence-corrected chi connectivity index (χ2v) is 2.58. The summed E-state index contributed by atoms with van der Waals surface area (Å²) < 4.78 is 10.5. The van der Waals surface area contributed by atoms with E-state index in [1.807, 2.05) is 13.8 Å². The van der Waals surface area contributed by atoms with Gasteiger partial charge in [-0.1, -0.05) is 13.8 Å². The van der Waals surface area contributed by atoms with Crippen LogP contribution in [0.3, 0.4) is 0 Å². The fourth-order valence-corrected chi connectivity index (χ4v) is 1.29. The summed E-state index contributed by atoms with van der Waals surface area (Å²) in [5.41, 5.74) is 0. The Labute approximate surface area is 66.7 Å². The first-order valence-electron chi connectivity index (χ1n) is 4.06. The molecule has 0 radical (unpaired) electrons. The van der Waals surface area contributed by atoms with Crippen LogP contribution in [0, 0.1) is 0 Å². The maximum absolute atomic E-state index is 11.3. The highest BCUT2D eigenvalue weighted by Gasteiger charge is 2.40. The van der Waals surface area contributed by atoms with Crippen LogP contribution in [0.4, 0.5) is 0 Å². The fourth-order valence-electron chi connectivity index (χ4n) is 1.29. The van der Waals surface area contributed by atoms with Crippen molar-refractivity contribution in [2.45, 2.75) is 32.5 Å². The number of carbonyl (C=O) groups excluding carboxylic acids is 1. The summed E-state index contributed by atoms with van der Waals surface area (Å²) in [4.78, 5) is 11.3. The zero-order valence-electron chi connectivity index (χ0n) is 7.05. The number of carbonyl (C=O) groups is 1. The lowest BCUT2D eigenvalue weighted by Crippen LogP contribution is -2.38. The molecule has 1 saturated heterocycles. The molecule has 0 atom stereocenters. The van der Waals surface area contributed by atoms with Crippen molar-refractivity contribution in [2.24, 2.45) is 0 Å². The molecule has 64 valence electrons. The molecule has 0 amide bonds. The molecule has 1 rings (SSSR count). The summed E-state index contributed by atoms with van der Waals surface area (Å²) >= 11 is 0. The molecule has 1 aliphatic rings. The van der Waals surface area contributed by atoms with E-state index in [9.17, 15) is 4.79 Å². The number of hydrogen-bond donors (Lipinski definition) is 0. The van der Waals surface area contributed by atoms with Gasteiger partial charge < -0.3 is 9.47 Å². The highest BCUT2D eigenvalue weighted by molar-refractivity contribution is 5.85. The van der Waals surface area contributed by atoms with Gasteiger partial charge in [-0.05, 0) is 0 Å². The van der Waals surface area contributed by atoms with E-state index in [1.165, 1.54) is 0 Å². The first-order valence-corrected chi connectivity index (χ1v) is 4.06. The molecule has 0 aromatic heterocycles. The molecule has 1 fully saturated rings. The van der Waals surface area contributed by atoms with Crippen molar-refractivity contribution >= 4 is 5.78 Å². The van der Waals surface area contributed by atoms with Crippen LogP contribution >= 0.6 is 0 Å². The number of ketones is 1. The topological polar surface area (TPSA) is 35.5 Å². The van der Waals surface area contributed by atoms with E-state index in [0.717, 1.165) is 0 Å². The molecule has 0 bridgehead atoms. The summed E-state index contributed by atoms with van der Waals surface area (Å²) in [5.74, 6) is -0.841. The van der Waals surface area contributed by atoms with E-state index in [4.69, 9.17) is 9.47 Å².